The SMILES string of the molecule is CN(CCSc1ccccc1F)Cc1ccccc1F. The van der Waals surface area contributed by atoms with Gasteiger partial charge < -0.3 is 4.90 Å². The fourth-order valence-corrected chi connectivity index (χ4v) is 2.87. The number of nitrogens with zero attached hydrogens (tertiary/aromatic N) is 1. The maximum absolute atomic E-state index is 13.5. The molecule has 1 nitrogen and oxygen atoms in total. The molecule has 2 aromatic carbocycles. The first-order valence-electron chi connectivity index (χ1n) is 6.46. The molecule has 0 aliphatic carbocycles. The van der Waals surface area contributed by atoms with Gasteiger partial charge in [0.2, 0.25) is 0 Å². The molecule has 20 heavy (non-hydrogen) atoms. The molecule has 0 N–H and O–H groups in total. The van der Waals surface area contributed by atoms with Crippen molar-refractivity contribution in [3.63, 3.8) is 0 Å². The summed E-state index contributed by atoms with van der Waals surface area (Å²) in [5.74, 6) is 0.404. The van der Waals surface area contributed by atoms with Gasteiger partial charge in [0, 0.05) is 29.3 Å². The second kappa shape index (κ2) is 7.41. The van der Waals surface area contributed by atoms with Crippen LogP contribution in [0.4, 0.5) is 8.78 Å². The lowest BCUT2D eigenvalue weighted by Gasteiger charge is -2.16. The van der Waals surface area contributed by atoms with Crippen LogP contribution in [0.15, 0.2) is 53.4 Å². The van der Waals surface area contributed by atoms with E-state index in [0.717, 1.165) is 12.3 Å². The zero-order valence-electron chi connectivity index (χ0n) is 11.4. The van der Waals surface area contributed by atoms with E-state index in [-0.39, 0.29) is 11.6 Å². The van der Waals surface area contributed by atoms with Crippen LogP contribution >= 0.6 is 11.8 Å². The van der Waals surface area contributed by atoms with Gasteiger partial charge in [-0.3, -0.25) is 0 Å². The zero-order chi connectivity index (χ0) is 14.4. The Bertz CT molecular complexity index is 560. The molecule has 0 radical (unpaired) electrons. The van der Waals surface area contributed by atoms with E-state index in [1.54, 1.807) is 24.3 Å². The Hall–Kier alpha value is -1.39. The Labute approximate surface area is 122 Å². The van der Waals surface area contributed by atoms with Crippen molar-refractivity contribution >= 4 is 11.8 Å². The largest absolute Gasteiger partial charge is 0.301 e. The molecule has 0 heterocycles. The summed E-state index contributed by atoms with van der Waals surface area (Å²) in [5.41, 5.74) is 0.686. The van der Waals surface area contributed by atoms with Crippen LogP contribution in [-0.4, -0.2) is 24.2 Å². The summed E-state index contributed by atoms with van der Waals surface area (Å²) in [6.07, 6.45) is 0. The van der Waals surface area contributed by atoms with E-state index >= 15 is 0 Å². The highest BCUT2D eigenvalue weighted by Gasteiger charge is 2.06. The molecule has 0 spiro atoms. The summed E-state index contributed by atoms with van der Waals surface area (Å²) in [5, 5.41) is 0. The van der Waals surface area contributed by atoms with Gasteiger partial charge in [-0.05, 0) is 25.2 Å². The minimum Gasteiger partial charge on any atom is -0.301 e. The van der Waals surface area contributed by atoms with Gasteiger partial charge in [-0.1, -0.05) is 30.3 Å². The first-order valence-corrected chi connectivity index (χ1v) is 7.44. The molecular formula is C16H17F2NS. The van der Waals surface area contributed by atoms with Gasteiger partial charge in [-0.15, -0.1) is 11.8 Å². The van der Waals surface area contributed by atoms with Gasteiger partial charge in [0.25, 0.3) is 0 Å². The molecule has 0 saturated carbocycles. The summed E-state index contributed by atoms with van der Waals surface area (Å²) in [6, 6.07) is 13.5. The fraction of sp³-hybridized carbons (Fsp3) is 0.250. The lowest BCUT2D eigenvalue weighted by Crippen LogP contribution is -2.21. The zero-order valence-corrected chi connectivity index (χ0v) is 12.2. The van der Waals surface area contributed by atoms with Crippen LogP contribution in [0.2, 0.25) is 0 Å². The van der Waals surface area contributed by atoms with Crippen LogP contribution in [-0.2, 0) is 6.54 Å². The smallest absolute Gasteiger partial charge is 0.136 e. The second-order valence-corrected chi connectivity index (χ2v) is 5.74. The maximum atomic E-state index is 13.5. The topological polar surface area (TPSA) is 3.24 Å². The van der Waals surface area contributed by atoms with Crippen molar-refractivity contribution in [3.8, 4) is 0 Å². The molecule has 0 fully saturated rings. The summed E-state index contributed by atoms with van der Waals surface area (Å²) in [6.45, 7) is 1.33. The predicted octanol–water partition coefficient (Wildman–Crippen LogP) is 4.19. The summed E-state index contributed by atoms with van der Waals surface area (Å²) in [4.78, 5) is 2.69. The first kappa shape index (κ1) is 15.0. The van der Waals surface area contributed by atoms with Crippen molar-refractivity contribution in [1.29, 1.82) is 0 Å². The van der Waals surface area contributed by atoms with Crippen molar-refractivity contribution < 1.29 is 8.78 Å². The van der Waals surface area contributed by atoms with Gasteiger partial charge in [-0.2, -0.15) is 0 Å². The number of halogens is 2. The molecule has 0 saturated heterocycles. The van der Waals surface area contributed by atoms with Crippen molar-refractivity contribution in [2.45, 2.75) is 11.4 Å². The quantitative estimate of drug-likeness (QED) is 0.735. The predicted molar refractivity (Wildman–Crippen MR) is 79.9 cm³/mol. The summed E-state index contributed by atoms with van der Waals surface area (Å²) >= 11 is 1.48. The van der Waals surface area contributed by atoms with E-state index in [1.165, 1.54) is 23.9 Å². The third-order valence-electron chi connectivity index (χ3n) is 2.97. The second-order valence-electron chi connectivity index (χ2n) is 4.61. The number of benzene rings is 2. The molecule has 0 bridgehead atoms. The van der Waals surface area contributed by atoms with Crippen molar-refractivity contribution in [2.75, 3.05) is 19.3 Å². The Kier molecular flexibility index (Phi) is 5.56. The third-order valence-corrected chi connectivity index (χ3v) is 3.99. The number of hydrogen-bond donors (Lipinski definition) is 0. The average molecular weight is 293 g/mol. The molecule has 2 rings (SSSR count). The van der Waals surface area contributed by atoms with Crippen molar-refractivity contribution in [1.82, 2.24) is 4.90 Å². The van der Waals surface area contributed by atoms with Gasteiger partial charge >= 0.3 is 0 Å². The molecule has 0 amide bonds. The molecule has 106 valence electrons. The normalized spacial score (nSPS) is 11.0. The Morgan fingerprint density at radius 1 is 0.950 bits per heavy atom. The van der Waals surface area contributed by atoms with E-state index in [2.05, 4.69) is 0 Å². The average Bonchev–Trinajstić information content (AvgIpc) is 2.43. The van der Waals surface area contributed by atoms with Crippen molar-refractivity contribution in [3.05, 3.63) is 65.7 Å². The number of hydrogen-bond acceptors (Lipinski definition) is 2. The Balaban J connectivity index is 1.80. The highest BCUT2D eigenvalue weighted by atomic mass is 32.2. The van der Waals surface area contributed by atoms with Gasteiger partial charge in [0.1, 0.15) is 11.6 Å². The Morgan fingerprint density at radius 2 is 1.60 bits per heavy atom. The molecule has 0 aliphatic heterocycles. The number of rotatable bonds is 6. The van der Waals surface area contributed by atoms with Gasteiger partial charge in [-0.25, -0.2) is 8.78 Å². The van der Waals surface area contributed by atoms with Gasteiger partial charge in [0.15, 0.2) is 0 Å². The highest BCUT2D eigenvalue weighted by molar-refractivity contribution is 7.99. The number of thioether (sulfide) groups is 1. The lowest BCUT2D eigenvalue weighted by molar-refractivity contribution is 0.342. The monoisotopic (exact) mass is 293 g/mol. The molecule has 4 heteroatoms. The first-order chi connectivity index (χ1) is 9.66. The molecule has 2 aromatic rings. The van der Waals surface area contributed by atoms with Crippen LogP contribution in [0.1, 0.15) is 5.56 Å². The van der Waals surface area contributed by atoms with E-state index in [9.17, 15) is 8.78 Å². The standard InChI is InChI=1S/C16H17F2NS/c1-19(12-13-6-2-3-7-14(13)17)10-11-20-16-9-5-4-8-15(16)18/h2-9H,10-12H2,1H3. The van der Waals surface area contributed by atoms with Crippen LogP contribution in [0, 0.1) is 11.6 Å². The molecule has 0 aliphatic rings. The van der Waals surface area contributed by atoms with Crippen LogP contribution < -0.4 is 0 Å². The minimum absolute atomic E-state index is 0.180. The van der Waals surface area contributed by atoms with E-state index < -0.39 is 0 Å². The van der Waals surface area contributed by atoms with E-state index in [1.807, 2.05) is 24.1 Å². The summed E-state index contributed by atoms with van der Waals surface area (Å²) in [7, 11) is 1.94. The summed E-state index contributed by atoms with van der Waals surface area (Å²) < 4.78 is 26.9. The van der Waals surface area contributed by atoms with Crippen LogP contribution in [0.5, 0.6) is 0 Å². The molecule has 0 atom stereocenters. The molecule has 0 unspecified atom stereocenters. The van der Waals surface area contributed by atoms with E-state index in [0.29, 0.717) is 17.0 Å². The maximum Gasteiger partial charge on any atom is 0.136 e. The molecular weight excluding hydrogens is 276 g/mol. The van der Waals surface area contributed by atoms with Crippen molar-refractivity contribution in [2.24, 2.45) is 0 Å². The van der Waals surface area contributed by atoms with Crippen LogP contribution in [0.3, 0.4) is 0 Å². The lowest BCUT2D eigenvalue weighted by atomic mass is 10.2. The van der Waals surface area contributed by atoms with Gasteiger partial charge in [0.05, 0.1) is 0 Å². The van der Waals surface area contributed by atoms with Crippen LogP contribution in [0.25, 0.3) is 0 Å². The van der Waals surface area contributed by atoms with E-state index in [4.69, 9.17) is 0 Å². The fourth-order valence-electron chi connectivity index (χ4n) is 1.87. The Morgan fingerprint density at radius 3 is 2.30 bits per heavy atom. The minimum atomic E-state index is -0.186. The molecule has 0 aromatic heterocycles. The highest BCUT2D eigenvalue weighted by Crippen LogP contribution is 2.21. The third kappa shape index (κ3) is 4.32.